The van der Waals surface area contributed by atoms with E-state index in [9.17, 15) is 0 Å². The van der Waals surface area contributed by atoms with Crippen LogP contribution in [-0.2, 0) is 6.42 Å². The van der Waals surface area contributed by atoms with E-state index in [4.69, 9.17) is 11.6 Å². The molecule has 0 saturated carbocycles. The van der Waals surface area contributed by atoms with Crippen LogP contribution >= 0.6 is 11.6 Å². The molecule has 1 N–H and O–H groups in total. The summed E-state index contributed by atoms with van der Waals surface area (Å²) in [6.45, 7) is 3.07. The summed E-state index contributed by atoms with van der Waals surface area (Å²) in [4.78, 5) is 8.37. The number of rotatable bonds is 7. The van der Waals surface area contributed by atoms with Gasteiger partial charge in [-0.1, -0.05) is 13.3 Å². The van der Waals surface area contributed by atoms with E-state index in [-0.39, 0.29) is 0 Å². The molecule has 0 aliphatic heterocycles. The van der Waals surface area contributed by atoms with Crippen molar-refractivity contribution in [2.45, 2.75) is 32.6 Å². The van der Waals surface area contributed by atoms with Crippen molar-refractivity contribution in [3.8, 4) is 0 Å². The van der Waals surface area contributed by atoms with Gasteiger partial charge in [-0.15, -0.1) is 11.6 Å². The molecule has 0 aliphatic rings. The minimum atomic E-state index is 0.729. The maximum absolute atomic E-state index is 5.60. The summed E-state index contributed by atoms with van der Waals surface area (Å²) in [6.07, 6.45) is 5.87. The molecule has 0 aliphatic carbocycles. The van der Waals surface area contributed by atoms with Crippen LogP contribution in [0.3, 0.4) is 0 Å². The number of hydrogen-bond acceptors (Lipinski definition) is 3. The first-order valence-corrected chi connectivity index (χ1v) is 6.01. The average Bonchev–Trinajstić information content (AvgIpc) is 2.26. The van der Waals surface area contributed by atoms with E-state index in [2.05, 4.69) is 22.2 Å². The molecule has 0 radical (unpaired) electrons. The number of halogens is 1. The second kappa shape index (κ2) is 7.46. The van der Waals surface area contributed by atoms with Gasteiger partial charge < -0.3 is 5.32 Å². The van der Waals surface area contributed by atoms with Crippen LogP contribution in [0.15, 0.2) is 12.4 Å². The lowest BCUT2D eigenvalue weighted by molar-refractivity contribution is 0.830. The van der Waals surface area contributed by atoms with E-state index >= 15 is 0 Å². The molecule has 0 atom stereocenters. The zero-order chi connectivity index (χ0) is 10.9. The molecule has 0 saturated heterocycles. The maximum atomic E-state index is 5.60. The third-order valence-electron chi connectivity index (χ3n) is 2.10. The summed E-state index contributed by atoms with van der Waals surface area (Å²) in [5.74, 6) is 1.65. The highest BCUT2D eigenvalue weighted by Crippen LogP contribution is 2.06. The van der Waals surface area contributed by atoms with Crippen LogP contribution in [0.1, 0.15) is 31.9 Å². The smallest absolute Gasteiger partial charge is 0.129 e. The third kappa shape index (κ3) is 4.98. The fraction of sp³-hybridized carbons (Fsp3) is 0.636. The first kappa shape index (κ1) is 12.2. The van der Waals surface area contributed by atoms with Crippen LogP contribution in [0.4, 0.5) is 5.82 Å². The summed E-state index contributed by atoms with van der Waals surface area (Å²) in [7, 11) is 0. The van der Waals surface area contributed by atoms with Crippen molar-refractivity contribution in [3.05, 3.63) is 18.1 Å². The van der Waals surface area contributed by atoms with Gasteiger partial charge in [0.25, 0.3) is 0 Å². The van der Waals surface area contributed by atoms with Crippen molar-refractivity contribution >= 4 is 17.4 Å². The van der Waals surface area contributed by atoms with E-state index < -0.39 is 0 Å². The molecule has 1 aromatic rings. The van der Waals surface area contributed by atoms with Gasteiger partial charge in [0.1, 0.15) is 12.1 Å². The normalized spacial score (nSPS) is 10.3. The molecule has 0 bridgehead atoms. The summed E-state index contributed by atoms with van der Waals surface area (Å²) in [5.41, 5.74) is 1.10. The van der Waals surface area contributed by atoms with Gasteiger partial charge in [0.15, 0.2) is 0 Å². The fourth-order valence-electron chi connectivity index (χ4n) is 1.32. The van der Waals surface area contributed by atoms with E-state index in [1.165, 1.54) is 0 Å². The van der Waals surface area contributed by atoms with Crippen LogP contribution in [-0.4, -0.2) is 22.4 Å². The SMILES string of the molecule is CCCc1cc(NCCCCCl)ncn1. The van der Waals surface area contributed by atoms with Crippen molar-refractivity contribution in [1.29, 1.82) is 0 Å². The summed E-state index contributed by atoms with van der Waals surface area (Å²) >= 11 is 5.60. The Morgan fingerprint density at radius 1 is 1.33 bits per heavy atom. The second-order valence-electron chi connectivity index (χ2n) is 3.47. The molecule has 3 nitrogen and oxygen atoms in total. The number of aromatic nitrogens is 2. The lowest BCUT2D eigenvalue weighted by Crippen LogP contribution is -2.04. The lowest BCUT2D eigenvalue weighted by atomic mass is 10.2. The first-order valence-electron chi connectivity index (χ1n) is 5.47. The molecule has 0 unspecified atom stereocenters. The summed E-state index contributed by atoms with van der Waals surface area (Å²) in [6, 6.07) is 2.02. The Bertz CT molecular complexity index is 278. The third-order valence-corrected chi connectivity index (χ3v) is 2.36. The molecule has 1 rings (SSSR count). The molecule has 0 fully saturated rings. The Morgan fingerprint density at radius 2 is 2.20 bits per heavy atom. The maximum Gasteiger partial charge on any atom is 0.129 e. The van der Waals surface area contributed by atoms with Crippen LogP contribution in [0.5, 0.6) is 0 Å². The van der Waals surface area contributed by atoms with Crippen LogP contribution in [0.25, 0.3) is 0 Å². The number of aryl methyl sites for hydroxylation is 1. The molecule has 0 amide bonds. The lowest BCUT2D eigenvalue weighted by Gasteiger charge is -2.05. The predicted molar refractivity (Wildman–Crippen MR) is 64.5 cm³/mol. The van der Waals surface area contributed by atoms with Gasteiger partial charge in [0.05, 0.1) is 0 Å². The molecule has 0 aromatic carbocycles. The van der Waals surface area contributed by atoms with Crippen LogP contribution in [0.2, 0.25) is 0 Å². The van der Waals surface area contributed by atoms with Crippen LogP contribution in [0, 0.1) is 0 Å². The van der Waals surface area contributed by atoms with E-state index in [0.29, 0.717) is 0 Å². The largest absolute Gasteiger partial charge is 0.370 e. The zero-order valence-corrected chi connectivity index (χ0v) is 9.93. The zero-order valence-electron chi connectivity index (χ0n) is 9.17. The monoisotopic (exact) mass is 227 g/mol. The van der Waals surface area contributed by atoms with Crippen molar-refractivity contribution in [3.63, 3.8) is 0 Å². The number of nitrogens with one attached hydrogen (secondary N) is 1. The van der Waals surface area contributed by atoms with Gasteiger partial charge >= 0.3 is 0 Å². The Labute approximate surface area is 96.3 Å². The topological polar surface area (TPSA) is 37.8 Å². The quantitative estimate of drug-likeness (QED) is 0.575. The molecule has 1 heterocycles. The Kier molecular flexibility index (Phi) is 6.09. The Hall–Kier alpha value is -0.830. The molecule has 84 valence electrons. The summed E-state index contributed by atoms with van der Waals surface area (Å²) < 4.78 is 0. The van der Waals surface area contributed by atoms with Gasteiger partial charge in [-0.3, -0.25) is 0 Å². The van der Waals surface area contributed by atoms with Crippen molar-refractivity contribution < 1.29 is 0 Å². The second-order valence-corrected chi connectivity index (χ2v) is 3.85. The highest BCUT2D eigenvalue weighted by molar-refractivity contribution is 6.17. The minimum absolute atomic E-state index is 0.729. The molecule has 1 aromatic heterocycles. The van der Waals surface area contributed by atoms with Crippen LogP contribution < -0.4 is 5.32 Å². The first-order chi connectivity index (χ1) is 7.36. The highest BCUT2D eigenvalue weighted by Gasteiger charge is 1.97. The molecular formula is C11H18ClN3. The minimum Gasteiger partial charge on any atom is -0.370 e. The van der Waals surface area contributed by atoms with E-state index in [1.807, 2.05) is 6.07 Å². The number of hydrogen-bond donors (Lipinski definition) is 1. The summed E-state index contributed by atoms with van der Waals surface area (Å²) in [5, 5.41) is 3.27. The van der Waals surface area contributed by atoms with E-state index in [1.54, 1.807) is 6.33 Å². The molecular weight excluding hydrogens is 210 g/mol. The van der Waals surface area contributed by atoms with Gasteiger partial charge in [-0.05, 0) is 19.3 Å². The van der Waals surface area contributed by atoms with Gasteiger partial charge in [-0.2, -0.15) is 0 Å². The number of alkyl halides is 1. The van der Waals surface area contributed by atoms with Gasteiger partial charge in [0.2, 0.25) is 0 Å². The average molecular weight is 228 g/mol. The Morgan fingerprint density at radius 3 is 2.93 bits per heavy atom. The van der Waals surface area contributed by atoms with E-state index in [0.717, 1.165) is 49.6 Å². The van der Waals surface area contributed by atoms with Gasteiger partial charge in [-0.25, -0.2) is 9.97 Å². The van der Waals surface area contributed by atoms with Crippen molar-refractivity contribution in [1.82, 2.24) is 9.97 Å². The number of nitrogens with zero attached hydrogens (tertiary/aromatic N) is 2. The Balaban J connectivity index is 2.36. The number of unbranched alkanes of at least 4 members (excludes halogenated alkanes) is 1. The predicted octanol–water partition coefficient (Wildman–Crippen LogP) is 2.86. The highest BCUT2D eigenvalue weighted by atomic mass is 35.5. The molecule has 15 heavy (non-hydrogen) atoms. The molecule has 0 spiro atoms. The molecule has 4 heteroatoms. The van der Waals surface area contributed by atoms with Gasteiger partial charge in [0, 0.05) is 24.2 Å². The van der Waals surface area contributed by atoms with Crippen molar-refractivity contribution in [2.75, 3.05) is 17.7 Å². The standard InChI is InChI=1S/C11H18ClN3/c1-2-5-10-8-11(15-9-14-10)13-7-4-3-6-12/h8-9H,2-7H2,1H3,(H,13,14,15). The fourth-order valence-corrected chi connectivity index (χ4v) is 1.51. The van der Waals surface area contributed by atoms with Crippen molar-refractivity contribution in [2.24, 2.45) is 0 Å². The number of anilines is 1.